The third-order valence-corrected chi connectivity index (χ3v) is 7.32. The van der Waals surface area contributed by atoms with Gasteiger partial charge in [0.05, 0.1) is 11.3 Å². The normalized spacial score (nSPS) is 13.1. The SMILES string of the molecule is CSc1cc2c(cc1C(F)(F)F)N(C(=O)N(c1ccccc1)c1csc(-c3cccnc3)n1)CC2. The van der Waals surface area contributed by atoms with Crippen molar-refractivity contribution in [1.29, 1.82) is 0 Å². The Kier molecular flexibility index (Phi) is 6.24. The molecule has 0 saturated heterocycles. The van der Waals surface area contributed by atoms with Gasteiger partial charge in [0.1, 0.15) is 5.01 Å². The monoisotopic (exact) mass is 512 g/mol. The van der Waals surface area contributed by atoms with Crippen LogP contribution in [0.3, 0.4) is 0 Å². The van der Waals surface area contributed by atoms with Crippen molar-refractivity contribution in [3.63, 3.8) is 0 Å². The third-order valence-electron chi connectivity index (χ3n) is 5.67. The Morgan fingerprint density at radius 3 is 2.63 bits per heavy atom. The number of thioether (sulfide) groups is 1. The lowest BCUT2D eigenvalue weighted by atomic mass is 10.1. The molecule has 3 heterocycles. The summed E-state index contributed by atoms with van der Waals surface area (Å²) in [6, 6.07) is 14.8. The van der Waals surface area contributed by atoms with Gasteiger partial charge in [-0.3, -0.25) is 9.88 Å². The number of anilines is 3. The second-order valence-electron chi connectivity index (χ2n) is 7.79. The fourth-order valence-electron chi connectivity index (χ4n) is 4.03. The average Bonchev–Trinajstić information content (AvgIpc) is 3.51. The molecule has 178 valence electrons. The molecule has 0 spiro atoms. The fourth-order valence-corrected chi connectivity index (χ4v) is 5.46. The highest BCUT2D eigenvalue weighted by molar-refractivity contribution is 7.98. The molecule has 0 aliphatic carbocycles. The lowest BCUT2D eigenvalue weighted by Crippen LogP contribution is -2.40. The van der Waals surface area contributed by atoms with E-state index in [0.717, 1.165) is 29.0 Å². The molecule has 0 saturated carbocycles. The van der Waals surface area contributed by atoms with E-state index in [-0.39, 0.29) is 17.1 Å². The van der Waals surface area contributed by atoms with E-state index in [9.17, 15) is 18.0 Å². The first-order valence-corrected chi connectivity index (χ1v) is 12.8. The summed E-state index contributed by atoms with van der Waals surface area (Å²) in [5.74, 6) is 0.398. The van der Waals surface area contributed by atoms with Crippen LogP contribution in [0.15, 0.2) is 77.3 Å². The number of hydrogen-bond acceptors (Lipinski definition) is 5. The van der Waals surface area contributed by atoms with Crippen LogP contribution in [0.4, 0.5) is 35.2 Å². The van der Waals surface area contributed by atoms with Crippen LogP contribution in [0.25, 0.3) is 10.6 Å². The van der Waals surface area contributed by atoms with Gasteiger partial charge >= 0.3 is 12.2 Å². The van der Waals surface area contributed by atoms with Crippen molar-refractivity contribution in [3.05, 3.63) is 83.5 Å². The van der Waals surface area contributed by atoms with E-state index in [0.29, 0.717) is 22.9 Å². The van der Waals surface area contributed by atoms with Crippen molar-refractivity contribution in [3.8, 4) is 10.6 Å². The van der Waals surface area contributed by atoms with Gasteiger partial charge in [0, 0.05) is 40.5 Å². The van der Waals surface area contributed by atoms with Crippen LogP contribution < -0.4 is 9.80 Å². The van der Waals surface area contributed by atoms with Gasteiger partial charge in [0.25, 0.3) is 0 Å². The van der Waals surface area contributed by atoms with E-state index in [2.05, 4.69) is 9.97 Å². The minimum absolute atomic E-state index is 0.158. The Balaban J connectivity index is 1.57. The fraction of sp³-hybridized carbons (Fsp3) is 0.160. The van der Waals surface area contributed by atoms with E-state index in [1.807, 2.05) is 12.1 Å². The molecule has 0 N–H and O–H groups in total. The molecule has 0 atom stereocenters. The van der Waals surface area contributed by atoms with Crippen molar-refractivity contribution in [2.75, 3.05) is 22.6 Å². The summed E-state index contributed by atoms with van der Waals surface area (Å²) in [4.78, 5) is 25.7. The second kappa shape index (κ2) is 9.35. The van der Waals surface area contributed by atoms with Gasteiger partial charge in [0.15, 0.2) is 5.82 Å². The molecule has 5 rings (SSSR count). The maximum atomic E-state index is 13.9. The highest BCUT2D eigenvalue weighted by Gasteiger charge is 2.38. The first kappa shape index (κ1) is 23.4. The number of hydrogen-bond donors (Lipinski definition) is 0. The van der Waals surface area contributed by atoms with Gasteiger partial charge in [0.2, 0.25) is 0 Å². The molecular formula is C25H19F3N4OS2. The number of fused-ring (bicyclic) bond motifs is 1. The number of urea groups is 1. The number of benzene rings is 2. The number of carbonyl (C=O) groups is 1. The summed E-state index contributed by atoms with van der Waals surface area (Å²) in [5.41, 5.74) is 1.66. The molecule has 0 radical (unpaired) electrons. The number of aromatic nitrogens is 2. The summed E-state index contributed by atoms with van der Waals surface area (Å²) in [6.07, 6.45) is 0.940. The maximum Gasteiger partial charge on any atom is 0.417 e. The standard InChI is InChI=1S/C25H19F3N4OS2/c1-34-21-12-16-9-11-31(20(16)13-19(21)25(26,27)28)24(33)32(18-7-3-2-4-8-18)22-15-35-23(30-22)17-6-5-10-29-14-17/h2-8,10,12-15H,9,11H2,1H3. The second-order valence-corrected chi connectivity index (χ2v) is 9.49. The molecular weight excluding hydrogens is 493 g/mol. The van der Waals surface area contributed by atoms with Gasteiger partial charge < -0.3 is 0 Å². The van der Waals surface area contributed by atoms with E-state index in [4.69, 9.17) is 0 Å². The minimum atomic E-state index is -4.52. The zero-order valence-electron chi connectivity index (χ0n) is 18.5. The molecule has 35 heavy (non-hydrogen) atoms. The van der Waals surface area contributed by atoms with Gasteiger partial charge in [-0.25, -0.2) is 14.7 Å². The van der Waals surface area contributed by atoms with Crippen LogP contribution in [0.1, 0.15) is 11.1 Å². The van der Waals surface area contributed by atoms with Crippen molar-refractivity contribution in [2.45, 2.75) is 17.5 Å². The van der Waals surface area contributed by atoms with Gasteiger partial charge in [-0.15, -0.1) is 23.1 Å². The van der Waals surface area contributed by atoms with E-state index >= 15 is 0 Å². The number of halogens is 3. The largest absolute Gasteiger partial charge is 0.417 e. The molecule has 1 aliphatic heterocycles. The number of thiazole rings is 1. The minimum Gasteiger partial charge on any atom is -0.293 e. The molecule has 4 aromatic rings. The highest BCUT2D eigenvalue weighted by atomic mass is 32.2. The Morgan fingerprint density at radius 1 is 1.14 bits per heavy atom. The van der Waals surface area contributed by atoms with Gasteiger partial charge in [-0.05, 0) is 54.6 Å². The summed E-state index contributed by atoms with van der Waals surface area (Å²) >= 11 is 2.42. The Hall–Kier alpha value is -3.37. The van der Waals surface area contributed by atoms with Crippen molar-refractivity contribution >= 4 is 46.3 Å². The van der Waals surface area contributed by atoms with Crippen LogP contribution in [0.2, 0.25) is 0 Å². The zero-order valence-corrected chi connectivity index (χ0v) is 20.1. The Bertz CT molecular complexity index is 1360. The lowest BCUT2D eigenvalue weighted by molar-refractivity contribution is -0.139. The topological polar surface area (TPSA) is 49.3 Å². The van der Waals surface area contributed by atoms with Crippen LogP contribution >= 0.6 is 23.1 Å². The smallest absolute Gasteiger partial charge is 0.293 e. The number of pyridine rings is 1. The number of rotatable bonds is 4. The predicted molar refractivity (Wildman–Crippen MR) is 134 cm³/mol. The molecule has 10 heteroatoms. The molecule has 5 nitrogen and oxygen atoms in total. The van der Waals surface area contributed by atoms with Crippen molar-refractivity contribution in [2.24, 2.45) is 0 Å². The highest BCUT2D eigenvalue weighted by Crippen LogP contribution is 2.43. The van der Waals surface area contributed by atoms with Crippen LogP contribution in [-0.2, 0) is 12.6 Å². The quantitative estimate of drug-likeness (QED) is 0.270. The number of amides is 2. The first-order valence-electron chi connectivity index (χ1n) is 10.7. The van der Waals surface area contributed by atoms with Gasteiger partial charge in [-0.1, -0.05) is 18.2 Å². The molecule has 2 aromatic heterocycles. The first-order chi connectivity index (χ1) is 16.9. The zero-order chi connectivity index (χ0) is 24.6. The van der Waals surface area contributed by atoms with Crippen molar-refractivity contribution in [1.82, 2.24) is 9.97 Å². The summed E-state index contributed by atoms with van der Waals surface area (Å²) in [5, 5.41) is 2.45. The molecule has 0 unspecified atom stereocenters. The van der Waals surface area contributed by atoms with Gasteiger partial charge in [-0.2, -0.15) is 13.2 Å². The predicted octanol–water partition coefficient (Wildman–Crippen LogP) is 7.27. The molecule has 0 bridgehead atoms. The lowest BCUT2D eigenvalue weighted by Gasteiger charge is -2.27. The molecule has 1 aliphatic rings. The van der Waals surface area contributed by atoms with Crippen molar-refractivity contribution < 1.29 is 18.0 Å². The van der Waals surface area contributed by atoms with Crippen LogP contribution in [0, 0.1) is 0 Å². The Labute approximate surface area is 208 Å². The van der Waals surface area contributed by atoms with Crippen LogP contribution in [-0.4, -0.2) is 28.8 Å². The number of carbonyl (C=O) groups excluding carboxylic acids is 1. The van der Waals surface area contributed by atoms with Crippen LogP contribution in [0.5, 0.6) is 0 Å². The maximum absolute atomic E-state index is 13.9. The Morgan fingerprint density at radius 2 is 1.94 bits per heavy atom. The number of alkyl halides is 3. The van der Waals surface area contributed by atoms with E-state index in [1.54, 1.807) is 60.4 Å². The van der Waals surface area contributed by atoms with E-state index < -0.39 is 17.8 Å². The summed E-state index contributed by atoms with van der Waals surface area (Å²) in [6.45, 7) is 0.284. The molecule has 2 aromatic carbocycles. The third kappa shape index (κ3) is 4.51. The molecule has 2 amide bonds. The number of nitrogens with zero attached hydrogens (tertiary/aromatic N) is 4. The van der Waals surface area contributed by atoms with E-state index in [1.165, 1.54) is 21.1 Å². The summed E-state index contributed by atoms with van der Waals surface area (Å²) in [7, 11) is 0. The molecule has 0 fully saturated rings. The summed E-state index contributed by atoms with van der Waals surface area (Å²) < 4.78 is 41.2. The average molecular weight is 513 g/mol. The number of para-hydroxylation sites is 1.